The maximum atomic E-state index is 13.0. The SMILES string of the molecule is CC(C)NCc1ccc(COc2cccc3c2CN(C2CCC(=O)NC2=O)C3=O)cc1.CCC1CCN(Cc2ccc(COc3cccc4c3CN(C3CCC(=O)NC3=O)C4=O)cc2)CC1. The van der Waals surface area contributed by atoms with Gasteiger partial charge in [0.1, 0.15) is 36.8 Å². The number of carbonyl (C=O) groups excluding carboxylic acids is 6. The van der Waals surface area contributed by atoms with Crippen LogP contribution in [-0.2, 0) is 58.6 Å². The van der Waals surface area contributed by atoms with E-state index >= 15 is 0 Å². The first-order valence-electron chi connectivity index (χ1n) is 23.3. The number of hydrogen-bond acceptors (Lipinski definition) is 10. The number of nitrogens with zero attached hydrogens (tertiary/aromatic N) is 3. The molecule has 2 unspecified atom stereocenters. The zero-order chi connectivity index (χ0) is 46.3. The van der Waals surface area contributed by atoms with Crippen molar-refractivity contribution in [3.8, 4) is 11.5 Å². The molecule has 5 aliphatic rings. The Kier molecular flexibility index (Phi) is 14.6. The molecule has 0 aromatic heterocycles. The van der Waals surface area contributed by atoms with E-state index in [4.69, 9.17) is 9.47 Å². The summed E-state index contributed by atoms with van der Waals surface area (Å²) in [5.41, 5.74) is 7.34. The summed E-state index contributed by atoms with van der Waals surface area (Å²) in [4.78, 5) is 79.0. The highest BCUT2D eigenvalue weighted by Gasteiger charge is 2.41. The van der Waals surface area contributed by atoms with Gasteiger partial charge in [-0.05, 0) is 91.2 Å². The summed E-state index contributed by atoms with van der Waals surface area (Å²) in [5.74, 6) is 0.416. The number of nitrogens with one attached hydrogen (secondary N) is 3. The first-order chi connectivity index (χ1) is 31.9. The van der Waals surface area contributed by atoms with E-state index in [-0.39, 0.29) is 36.5 Å². The number of amides is 6. The Bertz CT molecular complexity index is 2450. The summed E-state index contributed by atoms with van der Waals surface area (Å²) < 4.78 is 12.2. The number of hydrogen-bond donors (Lipinski definition) is 3. The molecule has 0 bridgehead atoms. The predicted molar refractivity (Wildman–Crippen MR) is 247 cm³/mol. The van der Waals surface area contributed by atoms with Gasteiger partial charge in [-0.15, -0.1) is 0 Å². The second kappa shape index (κ2) is 20.8. The van der Waals surface area contributed by atoms with Crippen molar-refractivity contribution in [3.63, 3.8) is 0 Å². The van der Waals surface area contributed by atoms with Crippen LogP contribution in [0, 0.1) is 5.92 Å². The largest absolute Gasteiger partial charge is 0.489 e. The number of likely N-dealkylation sites (tertiary alicyclic amines) is 1. The van der Waals surface area contributed by atoms with Crippen molar-refractivity contribution < 1.29 is 38.2 Å². The molecule has 0 radical (unpaired) electrons. The molecule has 5 aliphatic heterocycles. The summed E-state index contributed by atoms with van der Waals surface area (Å²) in [6.45, 7) is 12.1. The van der Waals surface area contributed by atoms with Gasteiger partial charge in [-0.2, -0.15) is 0 Å². The molecule has 66 heavy (non-hydrogen) atoms. The van der Waals surface area contributed by atoms with E-state index in [1.165, 1.54) is 48.4 Å². The second-order valence-electron chi connectivity index (χ2n) is 18.2. The molecule has 6 amide bonds. The topological polar surface area (TPSA) is 167 Å². The molecule has 4 aromatic rings. The van der Waals surface area contributed by atoms with E-state index in [0.29, 0.717) is 67.8 Å². The fraction of sp³-hybridized carbons (Fsp3) is 0.423. The summed E-state index contributed by atoms with van der Waals surface area (Å²) in [6, 6.07) is 26.9. The Balaban J connectivity index is 0.000000181. The van der Waals surface area contributed by atoms with Gasteiger partial charge in [-0.1, -0.05) is 87.9 Å². The molecule has 14 nitrogen and oxygen atoms in total. The molecular weight excluding hydrogens is 837 g/mol. The zero-order valence-electron chi connectivity index (χ0n) is 38.1. The number of fused-ring (bicyclic) bond motifs is 2. The maximum Gasteiger partial charge on any atom is 0.255 e. The highest BCUT2D eigenvalue weighted by atomic mass is 16.5. The van der Waals surface area contributed by atoms with Gasteiger partial charge in [0, 0.05) is 54.2 Å². The Morgan fingerprint density at radius 3 is 1.50 bits per heavy atom. The third kappa shape index (κ3) is 10.8. The first kappa shape index (κ1) is 46.2. The normalized spacial score (nSPS) is 19.9. The van der Waals surface area contributed by atoms with Crippen LogP contribution in [0.15, 0.2) is 84.9 Å². The van der Waals surface area contributed by atoms with Crippen LogP contribution in [0.1, 0.15) is 120 Å². The zero-order valence-corrected chi connectivity index (χ0v) is 38.1. The summed E-state index contributed by atoms with van der Waals surface area (Å²) >= 11 is 0. The molecule has 3 N–H and O–H groups in total. The fourth-order valence-electron chi connectivity index (χ4n) is 9.33. The maximum absolute atomic E-state index is 13.0. The van der Waals surface area contributed by atoms with E-state index in [1.54, 1.807) is 23.1 Å². The molecule has 4 aromatic carbocycles. The molecule has 9 rings (SSSR count). The molecule has 2 atom stereocenters. The summed E-state index contributed by atoms with van der Waals surface area (Å²) in [6.07, 6.45) is 5.06. The lowest BCUT2D eigenvalue weighted by Gasteiger charge is -2.31. The van der Waals surface area contributed by atoms with Crippen LogP contribution < -0.4 is 25.4 Å². The van der Waals surface area contributed by atoms with Gasteiger partial charge >= 0.3 is 0 Å². The summed E-state index contributed by atoms with van der Waals surface area (Å²) in [5, 5.41) is 8.06. The Labute approximate surface area is 386 Å². The van der Waals surface area contributed by atoms with Crippen molar-refractivity contribution in [3.05, 3.63) is 129 Å². The Morgan fingerprint density at radius 2 is 1.06 bits per heavy atom. The van der Waals surface area contributed by atoms with Crippen molar-refractivity contribution >= 4 is 35.4 Å². The minimum atomic E-state index is -0.627. The number of ether oxygens (including phenoxy) is 2. The van der Waals surface area contributed by atoms with Crippen LogP contribution in [0.4, 0.5) is 0 Å². The van der Waals surface area contributed by atoms with Crippen molar-refractivity contribution in [2.24, 2.45) is 5.92 Å². The van der Waals surface area contributed by atoms with Gasteiger partial charge in [0.2, 0.25) is 23.6 Å². The molecule has 3 fully saturated rings. The van der Waals surface area contributed by atoms with Crippen molar-refractivity contribution in [1.29, 1.82) is 0 Å². The van der Waals surface area contributed by atoms with Crippen LogP contribution in [-0.4, -0.2) is 81.4 Å². The summed E-state index contributed by atoms with van der Waals surface area (Å²) in [7, 11) is 0. The molecular formula is C52H60N6O8. The van der Waals surface area contributed by atoms with E-state index in [9.17, 15) is 28.8 Å². The highest BCUT2D eigenvalue weighted by molar-refractivity contribution is 6.06. The smallest absolute Gasteiger partial charge is 0.255 e. The quantitative estimate of drug-likeness (QED) is 0.125. The van der Waals surface area contributed by atoms with E-state index in [1.807, 2.05) is 30.3 Å². The van der Waals surface area contributed by atoms with E-state index in [2.05, 4.69) is 78.0 Å². The van der Waals surface area contributed by atoms with Crippen LogP contribution in [0.5, 0.6) is 11.5 Å². The highest BCUT2D eigenvalue weighted by Crippen LogP contribution is 2.35. The number of piperidine rings is 3. The van der Waals surface area contributed by atoms with Crippen molar-refractivity contribution in [2.45, 2.75) is 123 Å². The number of rotatable bonds is 14. The molecule has 346 valence electrons. The van der Waals surface area contributed by atoms with Gasteiger partial charge in [0.25, 0.3) is 11.8 Å². The minimum absolute atomic E-state index is 0.188. The van der Waals surface area contributed by atoms with Crippen LogP contribution in [0.3, 0.4) is 0 Å². The van der Waals surface area contributed by atoms with Crippen molar-refractivity contribution in [1.82, 2.24) is 30.7 Å². The second-order valence-corrected chi connectivity index (χ2v) is 18.2. The molecule has 3 saturated heterocycles. The molecule has 0 aliphatic carbocycles. The molecule has 5 heterocycles. The average Bonchev–Trinajstić information content (AvgIpc) is 3.84. The number of benzene rings is 4. The van der Waals surface area contributed by atoms with Gasteiger partial charge in [-0.3, -0.25) is 44.3 Å². The number of imide groups is 2. The standard InChI is InChI=1S/C28H33N3O4.C24H27N3O4/c1-2-19-12-14-30(15-13-19)16-20-6-8-21(9-7-20)18-35-25-5-3-4-22-23(25)17-31(28(22)34)24-10-11-26(32)29-27(24)33;1-15(2)25-12-16-6-8-17(9-7-16)14-31-21-5-3-4-18-19(21)13-27(24(18)30)20-10-11-22(28)26-23(20)29/h3-9,19,24H,2,10-18H2,1H3,(H,29,32,33);3-9,15,20,25H,10-14H2,1-2H3,(H,26,28,29). The predicted octanol–water partition coefficient (Wildman–Crippen LogP) is 6.17. The van der Waals surface area contributed by atoms with Gasteiger partial charge < -0.3 is 24.6 Å². The molecule has 0 saturated carbocycles. The minimum Gasteiger partial charge on any atom is -0.489 e. The van der Waals surface area contributed by atoms with Crippen LogP contribution in [0.2, 0.25) is 0 Å². The lowest BCUT2D eigenvalue weighted by molar-refractivity contribution is -0.138. The third-order valence-corrected chi connectivity index (χ3v) is 13.3. The fourth-order valence-corrected chi connectivity index (χ4v) is 9.33. The van der Waals surface area contributed by atoms with Crippen molar-refractivity contribution in [2.75, 3.05) is 13.1 Å². The first-order valence-corrected chi connectivity index (χ1v) is 23.3. The van der Waals surface area contributed by atoms with E-state index < -0.39 is 23.9 Å². The van der Waals surface area contributed by atoms with Crippen LogP contribution in [0.25, 0.3) is 0 Å². The Hall–Kier alpha value is -6.38. The lowest BCUT2D eigenvalue weighted by atomic mass is 9.94. The van der Waals surface area contributed by atoms with Gasteiger partial charge in [0.15, 0.2) is 0 Å². The molecule has 14 heteroatoms. The number of carbonyl (C=O) groups is 6. The third-order valence-electron chi connectivity index (χ3n) is 13.3. The monoisotopic (exact) mass is 896 g/mol. The van der Waals surface area contributed by atoms with E-state index in [0.717, 1.165) is 41.3 Å². The lowest BCUT2D eigenvalue weighted by Crippen LogP contribution is -2.52. The van der Waals surface area contributed by atoms with Crippen LogP contribution >= 0.6 is 0 Å². The van der Waals surface area contributed by atoms with Gasteiger partial charge in [-0.25, -0.2) is 0 Å². The average molecular weight is 897 g/mol. The van der Waals surface area contributed by atoms with Gasteiger partial charge in [0.05, 0.1) is 13.1 Å². The Morgan fingerprint density at radius 1 is 0.606 bits per heavy atom. The molecule has 0 spiro atoms.